The maximum absolute atomic E-state index is 12.1. The van der Waals surface area contributed by atoms with Crippen LogP contribution in [0.5, 0.6) is 11.5 Å². The number of anilines is 1. The second-order valence-corrected chi connectivity index (χ2v) is 5.16. The van der Waals surface area contributed by atoms with Gasteiger partial charge in [0.15, 0.2) is 5.78 Å². The molecule has 6 heteroatoms. The van der Waals surface area contributed by atoms with Crippen molar-refractivity contribution in [3.8, 4) is 11.5 Å². The minimum Gasteiger partial charge on any atom is -0.497 e. The molecule has 0 unspecified atom stereocenters. The SMILES string of the molecule is CCOc1ccc(NC(=O)C(=O)CC(=O)c2ccc(OC)cc2)cc1. The number of nitrogens with one attached hydrogen (secondary N) is 1. The molecule has 2 aromatic carbocycles. The summed E-state index contributed by atoms with van der Waals surface area (Å²) in [6, 6.07) is 13.0. The van der Waals surface area contributed by atoms with Gasteiger partial charge in [-0.3, -0.25) is 14.4 Å². The van der Waals surface area contributed by atoms with Crippen LogP contribution in [-0.4, -0.2) is 31.2 Å². The van der Waals surface area contributed by atoms with Gasteiger partial charge >= 0.3 is 0 Å². The van der Waals surface area contributed by atoms with E-state index in [1.807, 2.05) is 6.92 Å². The predicted octanol–water partition coefficient (Wildman–Crippen LogP) is 2.87. The van der Waals surface area contributed by atoms with Gasteiger partial charge in [0.2, 0.25) is 5.78 Å². The quantitative estimate of drug-likeness (QED) is 0.453. The lowest BCUT2D eigenvalue weighted by Crippen LogP contribution is -2.25. The van der Waals surface area contributed by atoms with Crippen LogP contribution in [0.3, 0.4) is 0 Å². The number of Topliss-reactive ketones (excluding diaryl/α,β-unsaturated/α-hetero) is 2. The summed E-state index contributed by atoms with van der Waals surface area (Å²) in [4.78, 5) is 35.9. The summed E-state index contributed by atoms with van der Waals surface area (Å²) in [5.41, 5.74) is 0.807. The summed E-state index contributed by atoms with van der Waals surface area (Å²) in [6.45, 7) is 2.41. The van der Waals surface area contributed by atoms with Gasteiger partial charge in [-0.15, -0.1) is 0 Å². The van der Waals surface area contributed by atoms with Crippen molar-refractivity contribution in [1.82, 2.24) is 0 Å². The summed E-state index contributed by atoms with van der Waals surface area (Å²) in [5, 5.41) is 2.47. The maximum Gasteiger partial charge on any atom is 0.292 e. The van der Waals surface area contributed by atoms with Gasteiger partial charge in [-0.2, -0.15) is 0 Å². The summed E-state index contributed by atoms with van der Waals surface area (Å²) >= 11 is 0. The van der Waals surface area contributed by atoms with Crippen molar-refractivity contribution in [2.45, 2.75) is 13.3 Å². The largest absolute Gasteiger partial charge is 0.497 e. The number of benzene rings is 2. The number of carbonyl (C=O) groups is 3. The normalized spacial score (nSPS) is 10.0. The number of ketones is 2. The minimum atomic E-state index is -0.828. The topological polar surface area (TPSA) is 81.7 Å². The molecule has 2 rings (SSSR count). The Bertz CT molecular complexity index is 750. The number of hydrogen-bond donors (Lipinski definition) is 1. The second-order valence-electron chi connectivity index (χ2n) is 5.16. The van der Waals surface area contributed by atoms with Crippen molar-refractivity contribution >= 4 is 23.2 Å². The van der Waals surface area contributed by atoms with Crippen LogP contribution in [0.4, 0.5) is 5.69 Å². The van der Waals surface area contributed by atoms with Gasteiger partial charge in [0.1, 0.15) is 11.5 Å². The van der Waals surface area contributed by atoms with Gasteiger partial charge < -0.3 is 14.8 Å². The molecule has 0 atom stereocenters. The van der Waals surface area contributed by atoms with E-state index in [2.05, 4.69) is 5.32 Å². The summed E-state index contributed by atoms with van der Waals surface area (Å²) < 4.78 is 10.3. The van der Waals surface area contributed by atoms with Crippen LogP contribution in [0, 0.1) is 0 Å². The van der Waals surface area contributed by atoms with Crippen LogP contribution in [0.25, 0.3) is 0 Å². The number of hydrogen-bond acceptors (Lipinski definition) is 5. The molecule has 0 aliphatic rings. The predicted molar refractivity (Wildman–Crippen MR) is 93.2 cm³/mol. The van der Waals surface area contributed by atoms with Gasteiger partial charge in [0.25, 0.3) is 5.91 Å². The molecule has 0 heterocycles. The Morgan fingerprint density at radius 1 is 0.920 bits per heavy atom. The Kier molecular flexibility index (Phi) is 6.28. The summed E-state index contributed by atoms with van der Waals surface area (Å²) in [5.74, 6) is -0.771. The van der Waals surface area contributed by atoms with E-state index >= 15 is 0 Å². The van der Waals surface area contributed by atoms with E-state index in [4.69, 9.17) is 9.47 Å². The first kappa shape index (κ1) is 18.2. The molecule has 0 fully saturated rings. The lowest BCUT2D eigenvalue weighted by Gasteiger charge is -2.07. The van der Waals surface area contributed by atoms with Crippen LogP contribution in [0.2, 0.25) is 0 Å². The highest BCUT2D eigenvalue weighted by molar-refractivity contribution is 6.44. The molecule has 1 N–H and O–H groups in total. The Morgan fingerprint density at radius 2 is 1.52 bits per heavy atom. The molecule has 25 heavy (non-hydrogen) atoms. The lowest BCUT2D eigenvalue weighted by molar-refractivity contribution is -0.134. The minimum absolute atomic E-state index is 0.350. The first-order valence-electron chi connectivity index (χ1n) is 7.77. The zero-order valence-electron chi connectivity index (χ0n) is 14.1. The highest BCUT2D eigenvalue weighted by Crippen LogP contribution is 2.16. The first-order chi connectivity index (χ1) is 12.0. The summed E-state index contributed by atoms with van der Waals surface area (Å²) in [7, 11) is 1.52. The van der Waals surface area contributed by atoms with Crippen LogP contribution in [-0.2, 0) is 9.59 Å². The van der Waals surface area contributed by atoms with Crippen LogP contribution < -0.4 is 14.8 Å². The van der Waals surface area contributed by atoms with Gasteiger partial charge in [-0.1, -0.05) is 0 Å². The number of carbonyl (C=O) groups excluding carboxylic acids is 3. The van der Waals surface area contributed by atoms with Gasteiger partial charge in [-0.25, -0.2) is 0 Å². The molecule has 1 amide bonds. The van der Waals surface area contributed by atoms with E-state index in [9.17, 15) is 14.4 Å². The molecule has 0 spiro atoms. The third-order valence-electron chi connectivity index (χ3n) is 3.41. The van der Waals surface area contributed by atoms with E-state index in [0.29, 0.717) is 29.4 Å². The van der Waals surface area contributed by atoms with Crippen LogP contribution in [0.1, 0.15) is 23.7 Å². The van der Waals surface area contributed by atoms with Crippen molar-refractivity contribution in [3.05, 3.63) is 54.1 Å². The number of rotatable bonds is 8. The van der Waals surface area contributed by atoms with E-state index in [0.717, 1.165) is 0 Å². The smallest absolute Gasteiger partial charge is 0.292 e. The molecule has 0 aliphatic carbocycles. The standard InChI is InChI=1S/C19H19NO5/c1-3-25-16-10-6-14(7-11-16)20-19(23)18(22)12-17(21)13-4-8-15(24-2)9-5-13/h4-11H,3,12H2,1-2H3,(H,20,23). The average Bonchev–Trinajstić information content (AvgIpc) is 2.63. The Balaban J connectivity index is 1.92. The molecule has 130 valence electrons. The highest BCUT2D eigenvalue weighted by Gasteiger charge is 2.19. The maximum atomic E-state index is 12.1. The molecule has 6 nitrogen and oxygen atoms in total. The molecule has 0 aromatic heterocycles. The fraction of sp³-hybridized carbons (Fsp3) is 0.211. The van der Waals surface area contributed by atoms with Gasteiger partial charge in [0, 0.05) is 11.3 Å². The van der Waals surface area contributed by atoms with E-state index < -0.39 is 23.9 Å². The Morgan fingerprint density at radius 3 is 2.08 bits per heavy atom. The zero-order chi connectivity index (χ0) is 18.2. The van der Waals surface area contributed by atoms with Crippen molar-refractivity contribution < 1.29 is 23.9 Å². The molecular formula is C19H19NO5. The molecular weight excluding hydrogens is 322 g/mol. The van der Waals surface area contributed by atoms with Crippen molar-refractivity contribution in [3.63, 3.8) is 0 Å². The fourth-order valence-corrected chi connectivity index (χ4v) is 2.11. The van der Waals surface area contributed by atoms with Gasteiger partial charge in [0.05, 0.1) is 20.1 Å². The van der Waals surface area contributed by atoms with Crippen LogP contribution in [0.15, 0.2) is 48.5 Å². The Hall–Kier alpha value is -3.15. The lowest BCUT2D eigenvalue weighted by atomic mass is 10.1. The third kappa shape index (κ3) is 5.17. The molecule has 0 bridgehead atoms. The van der Waals surface area contributed by atoms with Crippen molar-refractivity contribution in [2.75, 3.05) is 19.0 Å². The number of amides is 1. The first-order valence-corrected chi connectivity index (χ1v) is 7.77. The van der Waals surface area contributed by atoms with E-state index in [-0.39, 0.29) is 0 Å². The number of ether oxygens (including phenoxy) is 2. The fourth-order valence-electron chi connectivity index (χ4n) is 2.11. The molecule has 2 aromatic rings. The highest BCUT2D eigenvalue weighted by atomic mass is 16.5. The second kappa shape index (κ2) is 8.63. The zero-order valence-corrected chi connectivity index (χ0v) is 14.1. The van der Waals surface area contributed by atoms with E-state index in [1.54, 1.807) is 48.5 Å². The third-order valence-corrected chi connectivity index (χ3v) is 3.41. The molecule has 0 aliphatic heterocycles. The van der Waals surface area contributed by atoms with E-state index in [1.165, 1.54) is 7.11 Å². The molecule has 0 saturated carbocycles. The van der Waals surface area contributed by atoms with Crippen molar-refractivity contribution in [2.24, 2.45) is 0 Å². The average molecular weight is 341 g/mol. The van der Waals surface area contributed by atoms with Gasteiger partial charge in [-0.05, 0) is 55.5 Å². The van der Waals surface area contributed by atoms with Crippen molar-refractivity contribution in [1.29, 1.82) is 0 Å². The monoisotopic (exact) mass is 341 g/mol. The Labute approximate surface area is 145 Å². The molecule has 0 radical (unpaired) electrons. The number of methoxy groups -OCH3 is 1. The summed E-state index contributed by atoms with van der Waals surface area (Å²) in [6.07, 6.45) is -0.491. The van der Waals surface area contributed by atoms with Crippen LogP contribution >= 0.6 is 0 Å². The molecule has 0 saturated heterocycles.